The molecule has 146 valence electrons. The molecule has 0 radical (unpaired) electrons. The first-order valence-electron chi connectivity index (χ1n) is 10.1. The minimum atomic E-state index is -0.0164. The maximum Gasteiger partial charge on any atom is 0.190 e. The molecule has 0 spiro atoms. The Morgan fingerprint density at radius 1 is 1.04 bits per heavy atom. The van der Waals surface area contributed by atoms with Crippen LogP contribution in [0.4, 0.5) is 0 Å². The third kappa shape index (κ3) is 5.06. The molecule has 1 atom stereocenters. The summed E-state index contributed by atoms with van der Waals surface area (Å²) < 4.78 is 0. The predicted octanol–water partition coefficient (Wildman–Crippen LogP) is 6.82. The number of hydrogen-bond donors (Lipinski definition) is 0. The Labute approximate surface area is 164 Å². The van der Waals surface area contributed by atoms with E-state index in [9.17, 15) is 9.59 Å². The third-order valence-electron chi connectivity index (χ3n) is 5.91. The maximum atomic E-state index is 12.9. The van der Waals surface area contributed by atoms with Crippen molar-refractivity contribution in [2.45, 2.75) is 67.7 Å². The maximum absolute atomic E-state index is 12.9. The van der Waals surface area contributed by atoms with E-state index in [1.807, 2.05) is 12.1 Å². The summed E-state index contributed by atoms with van der Waals surface area (Å²) in [5.74, 6) is 1.36. The van der Waals surface area contributed by atoms with Gasteiger partial charge in [0.2, 0.25) is 0 Å². The molecule has 0 amide bonds. The molecule has 1 aromatic rings. The number of rotatable bonds is 7. The van der Waals surface area contributed by atoms with Crippen molar-refractivity contribution in [3.8, 4) is 0 Å². The molecule has 1 aromatic carbocycles. The first-order valence-corrected chi connectivity index (χ1v) is 10.1. The van der Waals surface area contributed by atoms with Crippen molar-refractivity contribution in [3.05, 3.63) is 58.2 Å². The molecule has 0 N–H and O–H groups in total. The number of carbonyl (C=O) groups excluding carboxylic acids is 2. The highest BCUT2D eigenvalue weighted by Crippen LogP contribution is 2.35. The summed E-state index contributed by atoms with van der Waals surface area (Å²) in [6.45, 7) is 15.4. The van der Waals surface area contributed by atoms with Crippen LogP contribution in [0.15, 0.2) is 47.1 Å². The van der Waals surface area contributed by atoms with Gasteiger partial charge in [-0.1, -0.05) is 70.5 Å². The Morgan fingerprint density at radius 3 is 2.15 bits per heavy atom. The summed E-state index contributed by atoms with van der Waals surface area (Å²) in [5, 5.41) is 0. The molecule has 1 aliphatic rings. The quantitative estimate of drug-likeness (QED) is 0.496. The molecule has 0 fully saturated rings. The number of benzene rings is 1. The van der Waals surface area contributed by atoms with Crippen molar-refractivity contribution >= 4 is 11.6 Å². The number of Topliss-reactive ketones (excluding diaryl/α,β-unsaturated/α-hetero) is 2. The molecule has 2 heteroatoms. The van der Waals surface area contributed by atoms with Gasteiger partial charge in [0.15, 0.2) is 11.6 Å². The third-order valence-corrected chi connectivity index (χ3v) is 5.91. The fourth-order valence-corrected chi connectivity index (χ4v) is 4.08. The lowest BCUT2D eigenvalue weighted by atomic mass is 9.75. The number of fused-ring (bicyclic) bond motifs is 1. The van der Waals surface area contributed by atoms with Crippen molar-refractivity contribution in [2.75, 3.05) is 0 Å². The van der Waals surface area contributed by atoms with Gasteiger partial charge >= 0.3 is 0 Å². The number of carbonyl (C=O) groups is 2. The molecule has 0 aliphatic heterocycles. The van der Waals surface area contributed by atoms with Gasteiger partial charge in [-0.15, -0.1) is 0 Å². The summed E-state index contributed by atoms with van der Waals surface area (Å²) in [7, 11) is 0. The van der Waals surface area contributed by atoms with E-state index in [1.54, 1.807) is 19.1 Å². The van der Waals surface area contributed by atoms with E-state index >= 15 is 0 Å². The second-order valence-electron chi connectivity index (χ2n) is 9.33. The highest BCUT2D eigenvalue weighted by Gasteiger charge is 2.29. The predicted molar refractivity (Wildman–Crippen MR) is 113 cm³/mol. The van der Waals surface area contributed by atoms with Crippen LogP contribution in [0.3, 0.4) is 0 Å². The van der Waals surface area contributed by atoms with Gasteiger partial charge in [0.1, 0.15) is 0 Å². The van der Waals surface area contributed by atoms with Crippen LogP contribution in [0.2, 0.25) is 0 Å². The van der Waals surface area contributed by atoms with Gasteiger partial charge in [0, 0.05) is 22.3 Å². The number of ketones is 2. The lowest BCUT2D eigenvalue weighted by Gasteiger charge is -2.30. The molecule has 1 aliphatic carbocycles. The van der Waals surface area contributed by atoms with Crippen molar-refractivity contribution in [3.63, 3.8) is 0 Å². The molecule has 0 bridgehead atoms. The average Bonchev–Trinajstić information content (AvgIpc) is 2.58. The van der Waals surface area contributed by atoms with Gasteiger partial charge in [0.05, 0.1) is 0 Å². The van der Waals surface area contributed by atoms with Gasteiger partial charge in [-0.3, -0.25) is 9.59 Å². The van der Waals surface area contributed by atoms with Crippen LogP contribution in [0.25, 0.3) is 0 Å². The topological polar surface area (TPSA) is 34.1 Å². The van der Waals surface area contributed by atoms with E-state index in [0.717, 1.165) is 6.42 Å². The normalized spacial score (nSPS) is 16.8. The molecular formula is C25H34O2. The molecule has 0 aromatic heterocycles. The van der Waals surface area contributed by atoms with E-state index in [1.165, 1.54) is 12.0 Å². The molecule has 2 nitrogen and oxygen atoms in total. The van der Waals surface area contributed by atoms with Crippen LogP contribution >= 0.6 is 0 Å². The largest absolute Gasteiger partial charge is 0.289 e. The Balaban J connectivity index is 2.14. The molecule has 1 unspecified atom stereocenters. The van der Waals surface area contributed by atoms with Crippen LogP contribution in [0.5, 0.6) is 0 Å². The first-order chi connectivity index (χ1) is 12.5. The SMILES string of the molecule is CC1=C(C/C=C(\C)CC(C)(C)CC(C)C(C)C)C(=O)c2ccccc2C1=O. The highest BCUT2D eigenvalue weighted by molar-refractivity contribution is 6.26. The summed E-state index contributed by atoms with van der Waals surface area (Å²) in [6.07, 6.45) is 4.86. The van der Waals surface area contributed by atoms with Crippen LogP contribution in [-0.4, -0.2) is 11.6 Å². The minimum Gasteiger partial charge on any atom is -0.289 e. The monoisotopic (exact) mass is 366 g/mol. The standard InChI is InChI=1S/C25H34O2/c1-16(2)18(4)15-25(6,7)14-17(3)12-13-20-19(5)23(26)21-10-8-9-11-22(21)24(20)27/h8-12,16,18H,13-15H2,1-7H3/b17-12+. The highest BCUT2D eigenvalue weighted by atomic mass is 16.1. The lowest BCUT2D eigenvalue weighted by molar-refractivity contribution is 0.0973. The zero-order chi connectivity index (χ0) is 20.4. The van der Waals surface area contributed by atoms with Crippen molar-refractivity contribution in [1.82, 2.24) is 0 Å². The molecule has 0 saturated carbocycles. The Bertz CT molecular complexity index is 790. The summed E-state index contributed by atoms with van der Waals surface area (Å²) >= 11 is 0. The zero-order valence-corrected chi connectivity index (χ0v) is 18.0. The second kappa shape index (κ2) is 8.37. The van der Waals surface area contributed by atoms with Crippen LogP contribution in [-0.2, 0) is 0 Å². The van der Waals surface area contributed by atoms with Crippen molar-refractivity contribution in [2.24, 2.45) is 17.3 Å². The van der Waals surface area contributed by atoms with Crippen molar-refractivity contribution < 1.29 is 9.59 Å². The molecule has 0 saturated heterocycles. The van der Waals surface area contributed by atoms with Gasteiger partial charge in [-0.05, 0) is 50.4 Å². The summed E-state index contributed by atoms with van der Waals surface area (Å²) in [6, 6.07) is 7.14. The Hall–Kier alpha value is -1.96. The van der Waals surface area contributed by atoms with Crippen molar-refractivity contribution in [1.29, 1.82) is 0 Å². The van der Waals surface area contributed by atoms with Gasteiger partial charge in [-0.2, -0.15) is 0 Å². The second-order valence-corrected chi connectivity index (χ2v) is 9.33. The molecular weight excluding hydrogens is 332 g/mol. The van der Waals surface area contributed by atoms with Gasteiger partial charge < -0.3 is 0 Å². The van der Waals surface area contributed by atoms with E-state index in [-0.39, 0.29) is 17.0 Å². The van der Waals surface area contributed by atoms with Gasteiger partial charge in [0.25, 0.3) is 0 Å². The number of hydrogen-bond acceptors (Lipinski definition) is 2. The summed E-state index contributed by atoms with van der Waals surface area (Å²) in [4.78, 5) is 25.5. The van der Waals surface area contributed by atoms with Crippen LogP contribution in [0.1, 0.15) is 88.4 Å². The minimum absolute atomic E-state index is 0.000518. The fourth-order valence-electron chi connectivity index (χ4n) is 4.08. The lowest BCUT2D eigenvalue weighted by Crippen LogP contribution is -2.21. The molecule has 27 heavy (non-hydrogen) atoms. The molecule has 0 heterocycles. The van der Waals surface area contributed by atoms with E-state index in [4.69, 9.17) is 0 Å². The van der Waals surface area contributed by atoms with E-state index in [2.05, 4.69) is 47.6 Å². The van der Waals surface area contributed by atoms with Gasteiger partial charge in [-0.25, -0.2) is 0 Å². The van der Waals surface area contributed by atoms with Crippen LogP contribution in [0, 0.1) is 17.3 Å². The Morgan fingerprint density at radius 2 is 1.59 bits per heavy atom. The molecule has 2 rings (SSSR count). The average molecular weight is 367 g/mol. The Kier molecular flexibility index (Phi) is 6.62. The fraction of sp³-hybridized carbons (Fsp3) is 0.520. The smallest absolute Gasteiger partial charge is 0.190 e. The summed E-state index contributed by atoms with van der Waals surface area (Å²) in [5.41, 5.74) is 3.83. The number of allylic oxidation sites excluding steroid dienone is 4. The first kappa shape index (κ1) is 21.3. The van der Waals surface area contributed by atoms with E-state index < -0.39 is 0 Å². The zero-order valence-electron chi connectivity index (χ0n) is 18.0. The van der Waals surface area contributed by atoms with Crippen LogP contribution < -0.4 is 0 Å². The van der Waals surface area contributed by atoms with E-state index in [0.29, 0.717) is 40.5 Å².